The predicted molar refractivity (Wildman–Crippen MR) is 122 cm³/mol. The van der Waals surface area contributed by atoms with Crippen LogP contribution in [0.3, 0.4) is 0 Å². The monoisotopic (exact) mass is 465 g/mol. The Morgan fingerprint density at radius 1 is 1.06 bits per heavy atom. The van der Waals surface area contributed by atoms with Gasteiger partial charge in [0.05, 0.1) is 11.9 Å². The maximum Gasteiger partial charge on any atom is 0.275 e. The number of sulfonamides is 1. The maximum absolute atomic E-state index is 13.1. The topological polar surface area (TPSA) is 114 Å². The van der Waals surface area contributed by atoms with E-state index in [4.69, 9.17) is 0 Å². The van der Waals surface area contributed by atoms with E-state index < -0.39 is 10.0 Å². The van der Waals surface area contributed by atoms with E-state index >= 15 is 0 Å². The third-order valence-electron chi connectivity index (χ3n) is 6.14. The number of rotatable bonds is 5. The molecule has 3 aromatic rings. The molecular weight excluding hydrogens is 442 g/mol. The number of hydrogen-bond acceptors (Lipinski definition) is 6. The number of carbonyl (C=O) groups excluding carboxylic acids is 1. The van der Waals surface area contributed by atoms with Gasteiger partial charge in [-0.05, 0) is 30.0 Å². The Balaban J connectivity index is 1.37. The Hall–Kier alpha value is -3.53. The number of hydrogen-bond donors (Lipinski definition) is 1. The summed E-state index contributed by atoms with van der Waals surface area (Å²) in [6.45, 7) is 1.43. The van der Waals surface area contributed by atoms with Gasteiger partial charge in [-0.25, -0.2) is 13.4 Å². The van der Waals surface area contributed by atoms with Gasteiger partial charge in [-0.15, -0.1) is 0 Å². The van der Waals surface area contributed by atoms with Gasteiger partial charge in [-0.2, -0.15) is 0 Å². The smallest absolute Gasteiger partial charge is 0.275 e. The fourth-order valence-corrected chi connectivity index (χ4v) is 5.95. The molecule has 10 heteroatoms. The quantitative estimate of drug-likeness (QED) is 0.615. The molecule has 0 radical (unpaired) electrons. The molecule has 2 atom stereocenters. The Morgan fingerprint density at radius 3 is 2.64 bits per heavy atom. The highest BCUT2D eigenvalue weighted by molar-refractivity contribution is 7.91. The zero-order valence-corrected chi connectivity index (χ0v) is 18.6. The molecule has 2 bridgehead atoms. The average Bonchev–Trinajstić information content (AvgIpc) is 2.81. The van der Waals surface area contributed by atoms with Crippen LogP contribution in [0.25, 0.3) is 0 Å². The van der Waals surface area contributed by atoms with E-state index in [2.05, 4.69) is 14.7 Å². The fraction of sp³-hybridized carbons (Fsp3) is 0.304. The first kappa shape index (κ1) is 21.3. The molecule has 1 saturated heterocycles. The summed E-state index contributed by atoms with van der Waals surface area (Å²) in [5.41, 5.74) is 1.46. The van der Waals surface area contributed by atoms with Gasteiger partial charge >= 0.3 is 0 Å². The number of pyridine rings is 1. The van der Waals surface area contributed by atoms with Crippen molar-refractivity contribution in [2.24, 2.45) is 5.92 Å². The van der Waals surface area contributed by atoms with Crippen LogP contribution in [-0.4, -0.2) is 46.8 Å². The first-order valence-electron chi connectivity index (χ1n) is 10.7. The molecule has 2 aliphatic heterocycles. The second kappa shape index (κ2) is 8.43. The van der Waals surface area contributed by atoms with Crippen molar-refractivity contribution in [1.29, 1.82) is 0 Å². The first-order valence-corrected chi connectivity index (χ1v) is 12.4. The Labute approximate surface area is 191 Å². The molecule has 0 aliphatic carbocycles. The highest BCUT2D eigenvalue weighted by atomic mass is 32.2. The van der Waals surface area contributed by atoms with E-state index in [0.29, 0.717) is 30.9 Å². The van der Waals surface area contributed by atoms with Gasteiger partial charge in [-0.1, -0.05) is 30.3 Å². The molecule has 1 N–H and O–H groups in total. The van der Waals surface area contributed by atoms with Crippen LogP contribution in [0.2, 0.25) is 0 Å². The van der Waals surface area contributed by atoms with Crippen molar-refractivity contribution in [2.75, 3.05) is 17.8 Å². The number of nitrogens with zero attached hydrogens (tertiary/aromatic N) is 4. The van der Waals surface area contributed by atoms with E-state index in [1.807, 2.05) is 6.07 Å². The van der Waals surface area contributed by atoms with Gasteiger partial charge in [0.1, 0.15) is 11.4 Å². The van der Waals surface area contributed by atoms with Crippen molar-refractivity contribution in [3.05, 3.63) is 88.4 Å². The SMILES string of the molecule is O=C(c1cnccn1)N1C[C@@H]2C[C@H](C1)c1ccc(NS(=O)(=O)Cc3ccccc3)c(=O)n1C2. The molecule has 5 rings (SSSR count). The summed E-state index contributed by atoms with van der Waals surface area (Å²) in [6.07, 6.45) is 5.35. The molecule has 2 aromatic heterocycles. The van der Waals surface area contributed by atoms with Gasteiger partial charge in [-0.3, -0.25) is 19.3 Å². The molecule has 0 spiro atoms. The van der Waals surface area contributed by atoms with Crippen LogP contribution < -0.4 is 10.3 Å². The van der Waals surface area contributed by atoms with Crippen LogP contribution in [0.15, 0.2) is 65.8 Å². The van der Waals surface area contributed by atoms with Crippen LogP contribution in [-0.2, 0) is 22.3 Å². The van der Waals surface area contributed by atoms with Crippen LogP contribution >= 0.6 is 0 Å². The summed E-state index contributed by atoms with van der Waals surface area (Å²) in [4.78, 5) is 35.9. The third kappa shape index (κ3) is 4.38. The molecule has 4 heterocycles. The Kier molecular flexibility index (Phi) is 5.45. The number of likely N-dealkylation sites (tertiary alicyclic amines) is 1. The predicted octanol–water partition coefficient (Wildman–Crippen LogP) is 1.84. The standard InChI is InChI=1S/C23H23N5O4S/c29-22(20-11-24-8-9-25-20)27-12-17-10-18(14-27)21-7-6-19(23(30)28(21)13-17)26-33(31,32)15-16-4-2-1-3-5-16/h1-9,11,17-18,26H,10,12-15H2/t17-,18+/m0/s1. The second-order valence-electron chi connectivity index (χ2n) is 8.53. The van der Waals surface area contributed by atoms with Gasteiger partial charge in [0.25, 0.3) is 11.5 Å². The molecule has 170 valence electrons. The van der Waals surface area contributed by atoms with Crippen molar-refractivity contribution < 1.29 is 13.2 Å². The highest BCUT2D eigenvalue weighted by Gasteiger charge is 2.37. The second-order valence-corrected chi connectivity index (χ2v) is 10.3. The fourth-order valence-electron chi connectivity index (χ4n) is 4.76. The molecule has 0 unspecified atom stereocenters. The van der Waals surface area contributed by atoms with Crippen LogP contribution in [0.5, 0.6) is 0 Å². The lowest BCUT2D eigenvalue weighted by atomic mass is 9.83. The van der Waals surface area contributed by atoms with Crippen molar-refractivity contribution in [3.8, 4) is 0 Å². The molecule has 1 fully saturated rings. The largest absolute Gasteiger partial charge is 0.336 e. The van der Waals surface area contributed by atoms with E-state index in [1.165, 1.54) is 24.7 Å². The normalized spacial score (nSPS) is 19.6. The van der Waals surface area contributed by atoms with E-state index in [9.17, 15) is 18.0 Å². The summed E-state index contributed by atoms with van der Waals surface area (Å²) >= 11 is 0. The van der Waals surface area contributed by atoms with Gasteiger partial charge in [0, 0.05) is 43.6 Å². The minimum atomic E-state index is -3.74. The minimum Gasteiger partial charge on any atom is -0.336 e. The van der Waals surface area contributed by atoms with Crippen molar-refractivity contribution in [3.63, 3.8) is 0 Å². The number of aromatic nitrogens is 3. The van der Waals surface area contributed by atoms with Gasteiger partial charge < -0.3 is 9.47 Å². The lowest BCUT2D eigenvalue weighted by molar-refractivity contribution is 0.0588. The number of benzene rings is 1. The maximum atomic E-state index is 13.1. The van der Waals surface area contributed by atoms with Gasteiger partial charge in [0.15, 0.2) is 0 Å². The molecule has 0 saturated carbocycles. The zero-order chi connectivity index (χ0) is 23.0. The van der Waals surface area contributed by atoms with Crippen LogP contribution in [0.4, 0.5) is 5.69 Å². The lowest BCUT2D eigenvalue weighted by Crippen LogP contribution is -2.49. The molecular formula is C23H23N5O4S. The molecule has 1 aromatic carbocycles. The van der Waals surface area contributed by atoms with E-state index in [-0.39, 0.29) is 34.7 Å². The summed E-state index contributed by atoms with van der Waals surface area (Å²) in [5.74, 6) is -0.273. The van der Waals surface area contributed by atoms with E-state index in [0.717, 1.165) is 12.1 Å². The van der Waals surface area contributed by atoms with Crippen LogP contribution in [0.1, 0.15) is 34.1 Å². The third-order valence-corrected chi connectivity index (χ3v) is 7.38. The van der Waals surface area contributed by atoms with Crippen molar-refractivity contribution in [2.45, 2.75) is 24.6 Å². The lowest BCUT2D eigenvalue weighted by Gasteiger charge is -2.42. The van der Waals surface area contributed by atoms with Gasteiger partial charge in [0.2, 0.25) is 10.0 Å². The molecule has 33 heavy (non-hydrogen) atoms. The first-order chi connectivity index (χ1) is 15.9. The summed E-state index contributed by atoms with van der Waals surface area (Å²) in [6, 6.07) is 12.1. The number of carbonyl (C=O) groups is 1. The van der Waals surface area contributed by atoms with Crippen LogP contribution in [0, 0.1) is 5.92 Å². The summed E-state index contributed by atoms with van der Waals surface area (Å²) in [5, 5.41) is 0. The number of piperidine rings is 1. The summed E-state index contributed by atoms with van der Waals surface area (Å²) in [7, 11) is -3.74. The minimum absolute atomic E-state index is 0.000738. The number of nitrogens with one attached hydrogen (secondary N) is 1. The van der Waals surface area contributed by atoms with Crippen molar-refractivity contribution in [1.82, 2.24) is 19.4 Å². The molecule has 2 aliphatic rings. The number of amides is 1. The average molecular weight is 466 g/mol. The highest BCUT2D eigenvalue weighted by Crippen LogP contribution is 2.36. The zero-order valence-electron chi connectivity index (χ0n) is 17.8. The summed E-state index contributed by atoms with van der Waals surface area (Å²) < 4.78 is 29.4. The Bertz CT molecular complexity index is 1340. The molecule has 9 nitrogen and oxygen atoms in total. The Morgan fingerprint density at radius 2 is 1.88 bits per heavy atom. The molecule has 1 amide bonds. The number of anilines is 1. The van der Waals surface area contributed by atoms with Crippen molar-refractivity contribution >= 4 is 21.6 Å². The van der Waals surface area contributed by atoms with E-state index in [1.54, 1.807) is 39.8 Å². The number of fused-ring (bicyclic) bond motifs is 4.